The lowest BCUT2D eigenvalue weighted by Crippen LogP contribution is -2.40. The first-order valence-electron chi connectivity index (χ1n) is 12.1. The van der Waals surface area contributed by atoms with E-state index in [1.54, 1.807) is 35.2 Å². The van der Waals surface area contributed by atoms with E-state index < -0.39 is 10.0 Å². The van der Waals surface area contributed by atoms with Gasteiger partial charge in [-0.3, -0.25) is 0 Å². The molecule has 0 radical (unpaired) electrons. The van der Waals surface area contributed by atoms with Gasteiger partial charge in [0, 0.05) is 23.9 Å². The fourth-order valence-electron chi connectivity index (χ4n) is 4.17. The van der Waals surface area contributed by atoms with E-state index in [2.05, 4.69) is 0 Å². The topological polar surface area (TPSA) is 89.4 Å². The van der Waals surface area contributed by atoms with Crippen LogP contribution in [0.3, 0.4) is 0 Å². The number of aromatic nitrogens is 1. The summed E-state index contributed by atoms with van der Waals surface area (Å²) in [4.78, 5) is 5.65. The van der Waals surface area contributed by atoms with E-state index in [9.17, 15) is 8.42 Å². The Hall–Kier alpha value is -3.83. The Bertz CT molecular complexity index is 1730. The number of fused-ring (bicyclic) bond motifs is 1. The van der Waals surface area contributed by atoms with Crippen LogP contribution in [-0.2, 0) is 14.8 Å². The quantitative estimate of drug-likeness (QED) is 0.278. The highest BCUT2D eigenvalue weighted by Gasteiger charge is 2.26. The third kappa shape index (κ3) is 4.99. The van der Waals surface area contributed by atoms with Crippen LogP contribution in [-0.4, -0.2) is 49.9 Å². The third-order valence-corrected chi connectivity index (χ3v) is 8.88. The second kappa shape index (κ2) is 10.5. The van der Waals surface area contributed by atoms with Crippen LogP contribution >= 0.6 is 11.3 Å². The SMILES string of the molecule is O=S(=O)(c1ccc(N=c2scc(-c3cc4ccccc4o3)n2N=Cc2ccccc2)cc1)N1CCOCC1. The number of para-hydroxylation sites is 1. The summed E-state index contributed by atoms with van der Waals surface area (Å²) in [5.41, 5.74) is 3.13. The molecule has 0 bridgehead atoms. The Labute approximate surface area is 223 Å². The highest BCUT2D eigenvalue weighted by molar-refractivity contribution is 7.89. The molecule has 1 aliphatic rings. The summed E-state index contributed by atoms with van der Waals surface area (Å²) in [5.74, 6) is 0.682. The number of nitrogens with zero attached hydrogens (tertiary/aromatic N) is 4. The standard InChI is InChI=1S/C28H24N4O4S2/c33-38(34,31-14-16-35-17-15-31)24-12-10-23(11-13-24)30-28-32(29-19-21-6-2-1-3-7-21)25(20-37-28)27-18-22-8-4-5-9-26(22)36-27/h1-13,18-20H,14-17H2. The zero-order valence-electron chi connectivity index (χ0n) is 20.3. The predicted octanol–water partition coefficient (Wildman–Crippen LogP) is 5.10. The molecule has 192 valence electrons. The average molecular weight is 545 g/mol. The highest BCUT2D eigenvalue weighted by atomic mass is 32.2. The van der Waals surface area contributed by atoms with Crippen LogP contribution in [0.4, 0.5) is 5.69 Å². The van der Waals surface area contributed by atoms with Crippen LogP contribution in [0.1, 0.15) is 5.56 Å². The lowest BCUT2D eigenvalue weighted by molar-refractivity contribution is 0.0730. The van der Waals surface area contributed by atoms with Gasteiger partial charge < -0.3 is 9.15 Å². The minimum atomic E-state index is -3.57. The van der Waals surface area contributed by atoms with Crippen LogP contribution in [0.5, 0.6) is 0 Å². The van der Waals surface area contributed by atoms with Crippen LogP contribution in [0.2, 0.25) is 0 Å². The fraction of sp³-hybridized carbons (Fsp3) is 0.143. The van der Waals surface area contributed by atoms with Gasteiger partial charge in [-0.2, -0.15) is 9.41 Å². The molecule has 0 saturated carbocycles. The molecule has 0 spiro atoms. The summed E-state index contributed by atoms with van der Waals surface area (Å²) < 4.78 is 40.5. The van der Waals surface area contributed by atoms with Crippen molar-refractivity contribution < 1.29 is 17.6 Å². The molecule has 5 aromatic rings. The van der Waals surface area contributed by atoms with Gasteiger partial charge in [-0.1, -0.05) is 48.5 Å². The summed E-state index contributed by atoms with van der Waals surface area (Å²) in [6.07, 6.45) is 1.77. The predicted molar refractivity (Wildman–Crippen MR) is 148 cm³/mol. The zero-order chi connectivity index (χ0) is 26.0. The molecule has 1 saturated heterocycles. The van der Waals surface area contributed by atoms with E-state index in [0.29, 0.717) is 42.6 Å². The Morgan fingerprint density at radius 1 is 0.895 bits per heavy atom. The number of hydrogen-bond donors (Lipinski definition) is 0. The smallest absolute Gasteiger partial charge is 0.243 e. The normalized spacial score (nSPS) is 15.5. The first-order valence-corrected chi connectivity index (χ1v) is 14.4. The summed E-state index contributed by atoms with van der Waals surface area (Å²) in [6.45, 7) is 1.52. The molecule has 0 amide bonds. The molecule has 8 nitrogen and oxygen atoms in total. The van der Waals surface area contributed by atoms with Crippen molar-refractivity contribution in [2.45, 2.75) is 4.90 Å². The van der Waals surface area contributed by atoms with Gasteiger partial charge in [0.2, 0.25) is 14.8 Å². The first-order chi connectivity index (χ1) is 18.6. The van der Waals surface area contributed by atoms with Crippen molar-refractivity contribution >= 4 is 44.2 Å². The van der Waals surface area contributed by atoms with Crippen molar-refractivity contribution in [3.8, 4) is 11.5 Å². The molecular formula is C28H24N4O4S2. The number of sulfonamides is 1. The molecule has 1 aliphatic heterocycles. The van der Waals surface area contributed by atoms with E-state index >= 15 is 0 Å². The Morgan fingerprint density at radius 2 is 1.63 bits per heavy atom. The Balaban J connectivity index is 1.39. The zero-order valence-corrected chi connectivity index (χ0v) is 21.9. The van der Waals surface area contributed by atoms with Gasteiger partial charge in [-0.15, -0.1) is 11.3 Å². The van der Waals surface area contributed by atoms with E-state index in [-0.39, 0.29) is 4.90 Å². The maximum atomic E-state index is 13.0. The number of rotatable bonds is 6. The molecule has 0 N–H and O–H groups in total. The monoisotopic (exact) mass is 544 g/mol. The molecular weight excluding hydrogens is 520 g/mol. The fourth-order valence-corrected chi connectivity index (χ4v) is 6.41. The van der Waals surface area contributed by atoms with Crippen LogP contribution in [0.25, 0.3) is 22.4 Å². The molecule has 1 fully saturated rings. The molecule has 10 heteroatoms. The van der Waals surface area contributed by atoms with Gasteiger partial charge in [0.1, 0.15) is 11.3 Å². The lowest BCUT2D eigenvalue weighted by Gasteiger charge is -2.26. The molecule has 0 atom stereocenters. The molecule has 0 unspecified atom stereocenters. The molecule has 38 heavy (non-hydrogen) atoms. The van der Waals surface area contributed by atoms with Gasteiger partial charge in [0.05, 0.1) is 30.0 Å². The number of hydrogen-bond acceptors (Lipinski definition) is 7. The molecule has 6 rings (SSSR count). The number of benzene rings is 3. The van der Waals surface area contributed by atoms with E-state index in [1.807, 2.05) is 66.0 Å². The summed E-state index contributed by atoms with van der Waals surface area (Å²) >= 11 is 1.43. The van der Waals surface area contributed by atoms with Crippen LogP contribution < -0.4 is 4.80 Å². The maximum Gasteiger partial charge on any atom is 0.243 e. The van der Waals surface area contributed by atoms with Crippen molar-refractivity contribution in [1.82, 2.24) is 8.98 Å². The van der Waals surface area contributed by atoms with Crippen molar-refractivity contribution in [2.24, 2.45) is 10.1 Å². The second-order valence-corrected chi connectivity index (χ2v) is 11.4. The van der Waals surface area contributed by atoms with Gasteiger partial charge in [0.15, 0.2) is 5.76 Å². The number of morpholine rings is 1. The van der Waals surface area contributed by atoms with Crippen molar-refractivity contribution in [3.05, 3.63) is 101 Å². The average Bonchev–Trinajstić information content (AvgIpc) is 3.57. The Kier molecular flexibility index (Phi) is 6.77. The van der Waals surface area contributed by atoms with Crippen LogP contribution in [0, 0.1) is 0 Å². The molecule has 3 aromatic carbocycles. The third-order valence-electron chi connectivity index (χ3n) is 6.15. The van der Waals surface area contributed by atoms with Gasteiger partial charge >= 0.3 is 0 Å². The van der Waals surface area contributed by atoms with Crippen molar-refractivity contribution in [3.63, 3.8) is 0 Å². The minimum Gasteiger partial charge on any atom is -0.454 e. The highest BCUT2D eigenvalue weighted by Crippen LogP contribution is 2.28. The van der Waals surface area contributed by atoms with Gasteiger partial charge in [0.25, 0.3) is 0 Å². The maximum absolute atomic E-state index is 13.0. The van der Waals surface area contributed by atoms with E-state index in [4.69, 9.17) is 19.2 Å². The second-order valence-electron chi connectivity index (χ2n) is 8.64. The first kappa shape index (κ1) is 24.5. The largest absolute Gasteiger partial charge is 0.454 e. The van der Waals surface area contributed by atoms with E-state index in [0.717, 1.165) is 22.2 Å². The Morgan fingerprint density at radius 3 is 2.39 bits per heavy atom. The summed E-state index contributed by atoms with van der Waals surface area (Å²) in [7, 11) is -3.57. The van der Waals surface area contributed by atoms with Crippen molar-refractivity contribution in [1.29, 1.82) is 0 Å². The van der Waals surface area contributed by atoms with Gasteiger partial charge in [-0.25, -0.2) is 18.1 Å². The molecule has 0 aliphatic carbocycles. The molecule has 2 aromatic heterocycles. The lowest BCUT2D eigenvalue weighted by atomic mass is 10.2. The summed E-state index contributed by atoms with van der Waals surface area (Å²) in [6, 6.07) is 26.3. The van der Waals surface area contributed by atoms with Crippen molar-refractivity contribution in [2.75, 3.05) is 26.3 Å². The number of ether oxygens (including phenoxy) is 1. The molecule has 3 heterocycles. The minimum absolute atomic E-state index is 0.238. The number of furan rings is 1. The van der Waals surface area contributed by atoms with E-state index in [1.165, 1.54) is 15.6 Å². The van der Waals surface area contributed by atoms with Gasteiger partial charge in [-0.05, 0) is 42.0 Å². The van der Waals surface area contributed by atoms with Crippen LogP contribution in [0.15, 0.2) is 110 Å². The summed E-state index contributed by atoms with van der Waals surface area (Å²) in [5, 5.41) is 7.69. The number of thiazole rings is 1.